The molecule has 0 unspecified atom stereocenters. The van der Waals surface area contributed by atoms with Gasteiger partial charge in [-0.2, -0.15) is 0 Å². The average Bonchev–Trinajstić information content (AvgIpc) is 1.98. The summed E-state index contributed by atoms with van der Waals surface area (Å²) < 4.78 is 0. The van der Waals surface area contributed by atoms with Crippen molar-refractivity contribution in [3.05, 3.63) is 11.4 Å². The standard InChI is InChI=1S/C7H16N2O/c1-3-6(2)7(8)9-4-5-10/h9-10H,3-5,8H2,1-2H3. The van der Waals surface area contributed by atoms with Gasteiger partial charge in [0.05, 0.1) is 12.4 Å². The van der Waals surface area contributed by atoms with E-state index in [1.165, 1.54) is 0 Å². The van der Waals surface area contributed by atoms with Gasteiger partial charge in [-0.15, -0.1) is 0 Å². The van der Waals surface area contributed by atoms with Gasteiger partial charge in [-0.1, -0.05) is 6.92 Å². The third kappa shape index (κ3) is 3.35. The highest BCUT2D eigenvalue weighted by Gasteiger charge is 1.92. The minimum Gasteiger partial charge on any atom is -0.395 e. The van der Waals surface area contributed by atoms with Gasteiger partial charge in [-0.3, -0.25) is 0 Å². The summed E-state index contributed by atoms with van der Waals surface area (Å²) in [6.45, 7) is 4.67. The van der Waals surface area contributed by atoms with E-state index in [0.717, 1.165) is 12.0 Å². The largest absolute Gasteiger partial charge is 0.395 e. The molecule has 3 heteroatoms. The molecule has 4 N–H and O–H groups in total. The van der Waals surface area contributed by atoms with E-state index in [-0.39, 0.29) is 6.61 Å². The molecule has 0 spiro atoms. The number of hydrogen-bond acceptors (Lipinski definition) is 3. The van der Waals surface area contributed by atoms with Crippen LogP contribution < -0.4 is 11.1 Å². The number of aliphatic hydroxyl groups is 1. The Morgan fingerprint density at radius 2 is 2.20 bits per heavy atom. The minimum absolute atomic E-state index is 0.123. The molecular weight excluding hydrogens is 128 g/mol. The lowest BCUT2D eigenvalue weighted by Crippen LogP contribution is -2.24. The number of allylic oxidation sites excluding steroid dienone is 1. The Morgan fingerprint density at radius 1 is 1.60 bits per heavy atom. The Hall–Kier alpha value is -0.700. The maximum absolute atomic E-state index is 8.43. The topological polar surface area (TPSA) is 58.3 Å². The molecule has 0 saturated heterocycles. The molecule has 60 valence electrons. The summed E-state index contributed by atoms with van der Waals surface area (Å²) in [5.74, 6) is 0.691. The van der Waals surface area contributed by atoms with Gasteiger partial charge in [-0.25, -0.2) is 0 Å². The summed E-state index contributed by atoms with van der Waals surface area (Å²) >= 11 is 0. The van der Waals surface area contributed by atoms with E-state index in [4.69, 9.17) is 10.8 Å². The molecule has 0 aliphatic carbocycles. The molecule has 10 heavy (non-hydrogen) atoms. The molecule has 0 fully saturated rings. The van der Waals surface area contributed by atoms with Gasteiger partial charge in [0, 0.05) is 6.54 Å². The summed E-state index contributed by atoms with van der Waals surface area (Å²) in [4.78, 5) is 0. The van der Waals surface area contributed by atoms with Crippen molar-refractivity contribution in [2.24, 2.45) is 5.73 Å². The number of aliphatic hydroxyl groups excluding tert-OH is 1. The van der Waals surface area contributed by atoms with Crippen LogP contribution in [-0.2, 0) is 0 Å². The summed E-state index contributed by atoms with van der Waals surface area (Å²) in [7, 11) is 0. The fourth-order valence-electron chi connectivity index (χ4n) is 0.532. The van der Waals surface area contributed by atoms with Crippen LogP contribution in [0.1, 0.15) is 20.3 Å². The second-order valence-electron chi connectivity index (χ2n) is 2.20. The van der Waals surface area contributed by atoms with E-state index in [9.17, 15) is 0 Å². The van der Waals surface area contributed by atoms with Gasteiger partial charge < -0.3 is 16.2 Å². The van der Waals surface area contributed by atoms with Crippen molar-refractivity contribution < 1.29 is 5.11 Å². The van der Waals surface area contributed by atoms with Crippen LogP contribution in [0.15, 0.2) is 11.4 Å². The molecule has 0 amide bonds. The Kier molecular flexibility index (Phi) is 4.76. The van der Waals surface area contributed by atoms with Gasteiger partial charge in [0.25, 0.3) is 0 Å². The van der Waals surface area contributed by atoms with E-state index < -0.39 is 0 Å². The second-order valence-corrected chi connectivity index (χ2v) is 2.20. The number of nitrogens with two attached hydrogens (primary N) is 1. The maximum Gasteiger partial charge on any atom is 0.0949 e. The Bertz CT molecular complexity index is 121. The molecule has 0 atom stereocenters. The zero-order valence-electron chi connectivity index (χ0n) is 6.65. The van der Waals surface area contributed by atoms with E-state index in [1.807, 2.05) is 13.8 Å². The predicted molar refractivity (Wildman–Crippen MR) is 42.3 cm³/mol. The third-order valence-electron chi connectivity index (χ3n) is 1.42. The molecule has 0 aliphatic rings. The van der Waals surface area contributed by atoms with Crippen LogP contribution in [0.25, 0.3) is 0 Å². The first-order valence-electron chi connectivity index (χ1n) is 3.52. The Balaban J connectivity index is 3.68. The van der Waals surface area contributed by atoms with Crippen LogP contribution in [-0.4, -0.2) is 18.3 Å². The van der Waals surface area contributed by atoms with E-state index in [2.05, 4.69) is 5.32 Å². The van der Waals surface area contributed by atoms with Gasteiger partial charge in [0.1, 0.15) is 0 Å². The molecular formula is C7H16N2O. The van der Waals surface area contributed by atoms with Gasteiger partial charge in [0.15, 0.2) is 0 Å². The SMILES string of the molecule is CCC(C)=C(N)NCCO. The highest BCUT2D eigenvalue weighted by molar-refractivity contribution is 5.05. The normalized spacial score (nSPS) is 12.7. The van der Waals surface area contributed by atoms with Gasteiger partial charge in [0.2, 0.25) is 0 Å². The lowest BCUT2D eigenvalue weighted by molar-refractivity contribution is 0.296. The minimum atomic E-state index is 0.123. The van der Waals surface area contributed by atoms with Crippen molar-refractivity contribution in [1.82, 2.24) is 5.32 Å². The van der Waals surface area contributed by atoms with Crippen molar-refractivity contribution in [2.45, 2.75) is 20.3 Å². The first kappa shape index (κ1) is 9.30. The van der Waals surface area contributed by atoms with Gasteiger partial charge in [-0.05, 0) is 18.9 Å². The molecule has 0 bridgehead atoms. The van der Waals surface area contributed by atoms with Gasteiger partial charge >= 0.3 is 0 Å². The summed E-state index contributed by atoms with van der Waals surface area (Å²) in [6, 6.07) is 0. The van der Waals surface area contributed by atoms with E-state index in [1.54, 1.807) is 0 Å². The van der Waals surface area contributed by atoms with Crippen LogP contribution in [0.3, 0.4) is 0 Å². The van der Waals surface area contributed by atoms with Crippen LogP contribution in [0.4, 0.5) is 0 Å². The molecule has 0 aromatic rings. The lowest BCUT2D eigenvalue weighted by Gasteiger charge is -2.06. The predicted octanol–water partition coefficient (Wildman–Crippen LogP) is 0.169. The van der Waals surface area contributed by atoms with E-state index >= 15 is 0 Å². The van der Waals surface area contributed by atoms with Crippen molar-refractivity contribution in [1.29, 1.82) is 0 Å². The van der Waals surface area contributed by atoms with E-state index in [0.29, 0.717) is 12.4 Å². The first-order chi connectivity index (χ1) is 4.72. The quantitative estimate of drug-likeness (QED) is 0.527. The fourth-order valence-corrected chi connectivity index (χ4v) is 0.532. The molecule has 0 rings (SSSR count). The monoisotopic (exact) mass is 144 g/mol. The lowest BCUT2D eigenvalue weighted by atomic mass is 10.2. The molecule has 0 saturated carbocycles. The molecule has 0 aromatic carbocycles. The van der Waals surface area contributed by atoms with Crippen molar-refractivity contribution in [3.8, 4) is 0 Å². The highest BCUT2D eigenvalue weighted by atomic mass is 16.3. The highest BCUT2D eigenvalue weighted by Crippen LogP contribution is 1.98. The van der Waals surface area contributed by atoms with Crippen molar-refractivity contribution in [2.75, 3.05) is 13.2 Å². The number of rotatable bonds is 4. The zero-order chi connectivity index (χ0) is 7.98. The fraction of sp³-hybridized carbons (Fsp3) is 0.714. The smallest absolute Gasteiger partial charge is 0.0949 e. The van der Waals surface area contributed by atoms with Crippen LogP contribution in [0.5, 0.6) is 0 Å². The summed E-state index contributed by atoms with van der Waals surface area (Å²) in [6.07, 6.45) is 0.949. The molecule has 0 aromatic heterocycles. The van der Waals surface area contributed by atoms with Crippen molar-refractivity contribution in [3.63, 3.8) is 0 Å². The number of hydrogen-bond donors (Lipinski definition) is 3. The Labute approximate surface area is 61.9 Å². The molecule has 3 nitrogen and oxygen atoms in total. The average molecular weight is 144 g/mol. The third-order valence-corrected chi connectivity index (χ3v) is 1.42. The molecule has 0 radical (unpaired) electrons. The zero-order valence-corrected chi connectivity index (χ0v) is 6.65. The van der Waals surface area contributed by atoms with Crippen LogP contribution in [0.2, 0.25) is 0 Å². The summed E-state index contributed by atoms with van der Waals surface area (Å²) in [5.41, 5.74) is 6.70. The number of nitrogens with one attached hydrogen (secondary N) is 1. The first-order valence-corrected chi connectivity index (χ1v) is 3.52. The van der Waals surface area contributed by atoms with Crippen LogP contribution >= 0.6 is 0 Å². The van der Waals surface area contributed by atoms with Crippen LogP contribution in [0, 0.1) is 0 Å². The molecule has 0 aliphatic heterocycles. The van der Waals surface area contributed by atoms with Crippen molar-refractivity contribution >= 4 is 0 Å². The molecule has 0 heterocycles. The second kappa shape index (κ2) is 5.11. The Morgan fingerprint density at radius 3 is 2.60 bits per heavy atom. The maximum atomic E-state index is 8.43. The summed E-state index contributed by atoms with van der Waals surface area (Å²) in [5, 5.41) is 11.3.